The Hall–Kier alpha value is -2.38. The van der Waals surface area contributed by atoms with Crippen molar-refractivity contribution in [1.82, 2.24) is 15.6 Å². The van der Waals surface area contributed by atoms with E-state index in [0.29, 0.717) is 25.2 Å². The molecule has 116 valence electrons. The number of aryl methyl sites for hydroxylation is 1. The average Bonchev–Trinajstić information content (AvgIpc) is 2.89. The number of carboxylic acid groups (broad SMARTS) is 1. The molecule has 0 fully saturated rings. The number of rotatable bonds is 8. The fourth-order valence-electron chi connectivity index (χ4n) is 1.54. The van der Waals surface area contributed by atoms with E-state index in [2.05, 4.69) is 15.6 Å². The third-order valence-electron chi connectivity index (χ3n) is 2.65. The number of hydrogen-bond donors (Lipinski definition) is 3. The van der Waals surface area contributed by atoms with E-state index in [4.69, 9.17) is 9.52 Å². The zero-order valence-electron chi connectivity index (χ0n) is 11.8. The summed E-state index contributed by atoms with van der Waals surface area (Å²) in [6.45, 7) is 2.02. The van der Waals surface area contributed by atoms with Gasteiger partial charge in [-0.3, -0.25) is 14.9 Å². The van der Waals surface area contributed by atoms with Crippen LogP contribution in [0.2, 0.25) is 0 Å². The van der Waals surface area contributed by atoms with Crippen LogP contribution >= 0.6 is 0 Å². The molecule has 8 nitrogen and oxygen atoms in total. The van der Waals surface area contributed by atoms with Crippen LogP contribution in [0.15, 0.2) is 10.6 Å². The summed E-state index contributed by atoms with van der Waals surface area (Å²) in [5.41, 5.74) is 0. The van der Waals surface area contributed by atoms with Gasteiger partial charge in [0.15, 0.2) is 0 Å². The predicted octanol–water partition coefficient (Wildman–Crippen LogP) is 1.21. The minimum atomic E-state index is -0.898. The largest absolute Gasteiger partial charge is 0.481 e. The molecule has 0 unspecified atom stereocenters. The molecular formula is C13H19N3O5. The Labute approximate surface area is 121 Å². The van der Waals surface area contributed by atoms with Crippen LogP contribution in [-0.2, 0) is 22.6 Å². The summed E-state index contributed by atoms with van der Waals surface area (Å²) >= 11 is 0. The summed E-state index contributed by atoms with van der Waals surface area (Å²) in [6.07, 6.45) is 3.26. The summed E-state index contributed by atoms with van der Waals surface area (Å²) in [4.78, 5) is 37.1. The van der Waals surface area contributed by atoms with E-state index in [0.717, 1.165) is 5.76 Å². The highest BCUT2D eigenvalue weighted by molar-refractivity contribution is 5.94. The molecule has 0 radical (unpaired) electrons. The van der Waals surface area contributed by atoms with Gasteiger partial charge in [-0.15, -0.1) is 0 Å². The second-order valence-electron chi connectivity index (χ2n) is 4.41. The second-order valence-corrected chi connectivity index (χ2v) is 4.41. The van der Waals surface area contributed by atoms with Gasteiger partial charge in [0.05, 0.1) is 12.7 Å². The summed E-state index contributed by atoms with van der Waals surface area (Å²) in [5, 5.41) is 13.1. The van der Waals surface area contributed by atoms with Gasteiger partial charge in [-0.25, -0.2) is 9.78 Å². The van der Waals surface area contributed by atoms with Gasteiger partial charge in [0.1, 0.15) is 5.76 Å². The Kier molecular flexibility index (Phi) is 6.93. The topological polar surface area (TPSA) is 122 Å². The highest BCUT2D eigenvalue weighted by Crippen LogP contribution is 2.03. The molecule has 0 aromatic carbocycles. The van der Waals surface area contributed by atoms with Crippen LogP contribution in [0.4, 0.5) is 4.79 Å². The molecule has 0 aliphatic heterocycles. The van der Waals surface area contributed by atoms with Crippen LogP contribution in [0, 0.1) is 0 Å². The predicted molar refractivity (Wildman–Crippen MR) is 72.4 cm³/mol. The maximum Gasteiger partial charge on any atom is 0.321 e. The van der Waals surface area contributed by atoms with Gasteiger partial charge in [-0.05, 0) is 12.8 Å². The lowest BCUT2D eigenvalue weighted by molar-refractivity contribution is -0.137. The van der Waals surface area contributed by atoms with Gasteiger partial charge >= 0.3 is 12.0 Å². The number of carbonyl (C=O) groups is 3. The van der Waals surface area contributed by atoms with E-state index in [9.17, 15) is 14.4 Å². The van der Waals surface area contributed by atoms with E-state index < -0.39 is 17.9 Å². The number of nitrogens with one attached hydrogen (secondary N) is 2. The highest BCUT2D eigenvalue weighted by atomic mass is 16.4. The van der Waals surface area contributed by atoms with Crippen LogP contribution in [-0.4, -0.2) is 28.0 Å². The number of carbonyl (C=O) groups excluding carboxylic acids is 2. The van der Waals surface area contributed by atoms with E-state index in [1.54, 1.807) is 6.20 Å². The molecule has 1 aromatic rings. The lowest BCUT2D eigenvalue weighted by atomic mass is 10.2. The number of aromatic nitrogens is 1. The van der Waals surface area contributed by atoms with E-state index >= 15 is 0 Å². The fourth-order valence-corrected chi connectivity index (χ4v) is 1.54. The maximum atomic E-state index is 11.4. The molecule has 0 spiro atoms. The number of imide groups is 1. The van der Waals surface area contributed by atoms with E-state index in [1.807, 2.05) is 6.92 Å². The van der Waals surface area contributed by atoms with Crippen molar-refractivity contribution in [2.75, 3.05) is 0 Å². The van der Waals surface area contributed by atoms with Crippen LogP contribution in [0.25, 0.3) is 0 Å². The number of nitrogens with zero attached hydrogens (tertiary/aromatic N) is 1. The zero-order valence-corrected chi connectivity index (χ0v) is 11.8. The van der Waals surface area contributed by atoms with Crippen LogP contribution in [0.1, 0.15) is 44.3 Å². The Bertz CT molecular complexity index is 498. The molecule has 1 aromatic heterocycles. The molecule has 0 aliphatic carbocycles. The monoisotopic (exact) mass is 297 g/mol. The van der Waals surface area contributed by atoms with Crippen molar-refractivity contribution in [2.45, 2.75) is 45.6 Å². The molecule has 1 rings (SSSR count). The van der Waals surface area contributed by atoms with Gasteiger partial charge in [-0.2, -0.15) is 0 Å². The van der Waals surface area contributed by atoms with Gasteiger partial charge in [-0.1, -0.05) is 6.92 Å². The minimum Gasteiger partial charge on any atom is -0.481 e. The van der Waals surface area contributed by atoms with Crippen LogP contribution < -0.4 is 10.6 Å². The Morgan fingerprint density at radius 2 is 2.00 bits per heavy atom. The number of hydrogen-bond acceptors (Lipinski definition) is 5. The smallest absolute Gasteiger partial charge is 0.321 e. The second kappa shape index (κ2) is 8.72. The minimum absolute atomic E-state index is 0.0173. The Morgan fingerprint density at radius 1 is 1.29 bits per heavy atom. The number of aliphatic carboxylic acids is 1. The Balaban J connectivity index is 2.17. The molecule has 3 N–H and O–H groups in total. The maximum absolute atomic E-state index is 11.4. The molecule has 0 aliphatic rings. The number of amides is 3. The SMILES string of the molecule is CCc1cnc(CNC(=O)NC(=O)CCCCC(=O)O)o1. The van der Waals surface area contributed by atoms with Gasteiger partial charge in [0, 0.05) is 19.3 Å². The zero-order chi connectivity index (χ0) is 15.7. The molecule has 0 saturated carbocycles. The van der Waals surface area contributed by atoms with Crippen molar-refractivity contribution in [3.8, 4) is 0 Å². The van der Waals surface area contributed by atoms with Gasteiger partial charge in [0.25, 0.3) is 0 Å². The molecule has 8 heteroatoms. The summed E-state index contributed by atoms with van der Waals surface area (Å²) in [5.74, 6) is -0.247. The first-order valence-corrected chi connectivity index (χ1v) is 6.74. The fraction of sp³-hybridized carbons (Fsp3) is 0.538. The van der Waals surface area contributed by atoms with Crippen molar-refractivity contribution in [3.63, 3.8) is 0 Å². The van der Waals surface area contributed by atoms with Crippen LogP contribution in [0.5, 0.6) is 0 Å². The molecule has 3 amide bonds. The quantitative estimate of drug-likeness (QED) is 0.620. The molecule has 0 atom stereocenters. The average molecular weight is 297 g/mol. The summed E-state index contributed by atoms with van der Waals surface area (Å²) in [7, 11) is 0. The van der Waals surface area contributed by atoms with Crippen molar-refractivity contribution in [2.24, 2.45) is 0 Å². The van der Waals surface area contributed by atoms with Crippen molar-refractivity contribution >= 4 is 17.9 Å². The molecule has 1 heterocycles. The standard InChI is InChI=1S/C13H19N3O5/c1-2-9-7-14-11(21-9)8-15-13(20)16-10(17)5-3-4-6-12(18)19/h7H,2-6,8H2,1H3,(H,18,19)(H2,15,16,17,20). The molecular weight excluding hydrogens is 278 g/mol. The number of oxazole rings is 1. The molecule has 21 heavy (non-hydrogen) atoms. The first-order chi connectivity index (χ1) is 10.0. The number of unbranched alkanes of at least 4 members (excludes halogenated alkanes) is 1. The van der Waals surface area contributed by atoms with Crippen molar-refractivity contribution < 1.29 is 23.9 Å². The lowest BCUT2D eigenvalue weighted by Crippen LogP contribution is -2.39. The number of urea groups is 1. The van der Waals surface area contributed by atoms with E-state index in [-0.39, 0.29) is 19.4 Å². The third kappa shape index (κ3) is 7.09. The van der Waals surface area contributed by atoms with Crippen LogP contribution in [0.3, 0.4) is 0 Å². The van der Waals surface area contributed by atoms with Gasteiger partial charge < -0.3 is 14.8 Å². The molecule has 0 saturated heterocycles. The van der Waals surface area contributed by atoms with Gasteiger partial charge in [0.2, 0.25) is 11.8 Å². The first kappa shape index (κ1) is 16.7. The summed E-state index contributed by atoms with van der Waals surface area (Å²) in [6, 6.07) is -0.630. The lowest BCUT2D eigenvalue weighted by Gasteiger charge is -2.04. The van der Waals surface area contributed by atoms with Crippen molar-refractivity contribution in [1.29, 1.82) is 0 Å². The first-order valence-electron chi connectivity index (χ1n) is 6.74. The van der Waals surface area contributed by atoms with E-state index in [1.165, 1.54) is 0 Å². The van der Waals surface area contributed by atoms with Crippen molar-refractivity contribution in [3.05, 3.63) is 17.8 Å². The summed E-state index contributed by atoms with van der Waals surface area (Å²) < 4.78 is 5.30. The Morgan fingerprint density at radius 3 is 2.62 bits per heavy atom. The highest BCUT2D eigenvalue weighted by Gasteiger charge is 2.09. The molecule has 0 bridgehead atoms. The normalized spacial score (nSPS) is 10.1. The number of carboxylic acids is 1. The third-order valence-corrected chi connectivity index (χ3v) is 2.65.